The summed E-state index contributed by atoms with van der Waals surface area (Å²) >= 11 is 12.7. The van der Waals surface area contributed by atoms with Gasteiger partial charge in [-0.05, 0) is 169 Å². The van der Waals surface area contributed by atoms with Gasteiger partial charge in [-0.15, -0.1) is 0 Å². The minimum Gasteiger partial charge on any atom is -0.495 e. The van der Waals surface area contributed by atoms with Gasteiger partial charge in [0.1, 0.15) is 45.5 Å². The van der Waals surface area contributed by atoms with Crippen LogP contribution in [0.2, 0.25) is 5.28 Å². The van der Waals surface area contributed by atoms with Gasteiger partial charge >= 0.3 is 0 Å². The lowest BCUT2D eigenvalue weighted by Gasteiger charge is -2.54. The number of fused-ring (bicyclic) bond motifs is 8. The fraction of sp³-hybridized carbons (Fsp3) is 0.486. The van der Waals surface area contributed by atoms with Crippen molar-refractivity contribution in [3.05, 3.63) is 111 Å². The second kappa shape index (κ2) is 31.4. The fourth-order valence-corrected chi connectivity index (χ4v) is 17.0. The third kappa shape index (κ3) is 16.2. The highest BCUT2D eigenvalue weighted by Crippen LogP contribution is 2.43. The Labute approximate surface area is 614 Å². The Hall–Kier alpha value is -7.29. The number of halogens is 3. The molecule has 16 rings (SSSR count). The topological polar surface area (TPSA) is 278 Å². The van der Waals surface area contributed by atoms with E-state index in [0.29, 0.717) is 95.2 Å². The van der Waals surface area contributed by atoms with Crippen molar-refractivity contribution in [2.75, 3.05) is 147 Å². The molecule has 8 aliphatic heterocycles. The van der Waals surface area contributed by atoms with Crippen LogP contribution in [-0.4, -0.2) is 220 Å². The van der Waals surface area contributed by atoms with E-state index in [4.69, 9.17) is 31.8 Å². The summed E-state index contributed by atoms with van der Waals surface area (Å²) in [5.41, 5.74) is 16.5. The third-order valence-corrected chi connectivity index (χ3v) is 24.6. The molecule has 0 amide bonds. The largest absolute Gasteiger partial charge is 0.495 e. The standard InChI is InChI=1S/C35H45BrN10O3S.C21H34N4O.C14H12BrClN6O2S/c1-6-22-17-29(31(49-4)18-30(22)45-15-11-23(12-16-45)46-21-24-7-8-25(46)20-43(24)2)41-35-39-19-26(36)34(42-35)40-28-10-9-27-32(38-14-13-37-27)33(28)44(3)50(5,47)48;1-4-15-11-19(22)21(26-3)12-20(15)24-9-7-16(8-10-24)25-14-17-5-6-18(25)13-23(17)2;1-22(25(2,23)24)12-10(4-3-9-11(12)18-6-5-17-9)20-13-8(15)7-19-14(16)21-13/h9-10,13-14,17-19,23-25H,6-8,11-12,15-16,20-21H2,1-5H3,(H2,39,40,41,42);11-12,16-18H,4-10,13-14,22H2,1-3H3;3-7H,1-2H3,(H,19,20,21). The van der Waals surface area contributed by atoms with Crippen LogP contribution in [0.4, 0.5) is 63.1 Å². The smallest absolute Gasteiger partial charge is 0.232 e. The number of sulfonamides is 2. The van der Waals surface area contributed by atoms with Gasteiger partial charge in [-0.3, -0.25) is 38.3 Å². The molecule has 8 aliphatic rings. The number of rotatable bonds is 18. The van der Waals surface area contributed by atoms with E-state index in [0.717, 1.165) is 91.1 Å². The Morgan fingerprint density at radius 2 is 0.980 bits per heavy atom. The number of nitrogen functional groups attached to an aromatic ring is 1. The molecule has 31 heteroatoms. The molecule has 101 heavy (non-hydrogen) atoms. The first-order valence-corrected chi connectivity index (χ1v) is 40.0. The molecule has 26 nitrogen and oxygen atoms in total. The number of hydrogen-bond donors (Lipinski definition) is 4. The van der Waals surface area contributed by atoms with Crippen LogP contribution in [0.3, 0.4) is 0 Å². The molecule has 0 aliphatic carbocycles. The van der Waals surface area contributed by atoms with Crippen molar-refractivity contribution in [2.24, 2.45) is 0 Å². The Kier molecular flexibility index (Phi) is 22.8. The van der Waals surface area contributed by atoms with Crippen LogP contribution in [0.1, 0.15) is 76.3 Å². The van der Waals surface area contributed by atoms with Crippen molar-refractivity contribution in [1.29, 1.82) is 0 Å². The molecule has 4 atom stereocenters. The van der Waals surface area contributed by atoms with E-state index in [-0.39, 0.29) is 5.28 Å². The summed E-state index contributed by atoms with van der Waals surface area (Å²) in [4.78, 5) is 50.4. The van der Waals surface area contributed by atoms with Crippen molar-refractivity contribution < 1.29 is 26.3 Å². The van der Waals surface area contributed by atoms with E-state index in [1.165, 1.54) is 137 Å². The van der Waals surface area contributed by atoms with E-state index < -0.39 is 20.0 Å². The first-order valence-electron chi connectivity index (χ1n) is 34.4. The molecule has 4 unspecified atom stereocenters. The number of aromatic nitrogens is 8. The number of hydrogen-bond acceptors (Lipinski definition) is 24. The second-order valence-corrected chi connectivity index (χ2v) is 33.0. The molecule has 8 saturated heterocycles. The van der Waals surface area contributed by atoms with Crippen LogP contribution in [0.25, 0.3) is 22.1 Å². The van der Waals surface area contributed by atoms with E-state index in [2.05, 4.69) is 164 Å². The number of aryl methyl sites for hydroxylation is 2. The van der Waals surface area contributed by atoms with Gasteiger partial charge in [-0.1, -0.05) is 13.8 Å². The molecular weight excluding hydrogens is 1480 g/mol. The van der Waals surface area contributed by atoms with E-state index in [9.17, 15) is 16.8 Å². The number of piperidine rings is 6. The average molecular weight is 1570 g/mol. The maximum atomic E-state index is 12.6. The maximum Gasteiger partial charge on any atom is 0.232 e. The SMILES string of the molecule is CCc1cc(N)c(OC)cc1N1CCC(N2CC3CCC2CN3C)CC1.CCc1cc(Nc2ncc(Br)c(Nc3ccc4nccnc4c3N(C)S(C)(=O)=O)n2)c(OC)cc1N1CCC(N2CC3CCC2CN3C)CC1.CN(c1c(Nc2nc(Cl)ncc2Br)ccc2nccnc12)S(C)(=O)=O. The number of piperazine rings is 2. The third-order valence-electron chi connectivity index (χ3n) is 20.9. The van der Waals surface area contributed by atoms with Crippen molar-refractivity contribution in [2.45, 2.75) is 114 Å². The number of ether oxygens (including phenoxy) is 2. The van der Waals surface area contributed by atoms with Crippen LogP contribution in [0, 0.1) is 0 Å². The van der Waals surface area contributed by atoms with Crippen molar-refractivity contribution in [3.8, 4) is 11.5 Å². The van der Waals surface area contributed by atoms with Gasteiger partial charge in [0.25, 0.3) is 0 Å². The van der Waals surface area contributed by atoms with Gasteiger partial charge in [0.15, 0.2) is 0 Å². The van der Waals surface area contributed by atoms with Crippen LogP contribution in [-0.2, 0) is 32.9 Å². The summed E-state index contributed by atoms with van der Waals surface area (Å²) in [6.07, 6.45) is 23.8. The molecule has 8 aromatic rings. The van der Waals surface area contributed by atoms with Crippen LogP contribution in [0.5, 0.6) is 11.5 Å². The van der Waals surface area contributed by atoms with Crippen molar-refractivity contribution >= 4 is 149 Å². The zero-order valence-electron chi connectivity index (χ0n) is 58.9. The number of nitrogens with one attached hydrogen (secondary N) is 3. The van der Waals surface area contributed by atoms with Gasteiger partial charge in [0.2, 0.25) is 31.3 Å². The van der Waals surface area contributed by atoms with Gasteiger partial charge < -0.3 is 50.8 Å². The Morgan fingerprint density at radius 3 is 1.42 bits per heavy atom. The van der Waals surface area contributed by atoms with E-state index in [1.54, 1.807) is 57.1 Å². The molecule has 0 saturated carbocycles. The molecule has 4 aromatic carbocycles. The lowest BCUT2D eigenvalue weighted by Crippen LogP contribution is -2.64. The summed E-state index contributed by atoms with van der Waals surface area (Å²) in [6.45, 7) is 13.7. The number of benzene rings is 4. The Morgan fingerprint density at radius 1 is 0.545 bits per heavy atom. The maximum absolute atomic E-state index is 12.6. The fourth-order valence-electron chi connectivity index (χ4n) is 15.3. The lowest BCUT2D eigenvalue weighted by molar-refractivity contribution is -0.0360. The highest BCUT2D eigenvalue weighted by atomic mass is 79.9. The Bertz CT molecular complexity index is 4540. The molecule has 8 fully saturated rings. The highest BCUT2D eigenvalue weighted by Gasteiger charge is 2.43. The number of nitrogens with zero attached hydrogens (tertiary/aromatic N) is 16. The first kappa shape index (κ1) is 73.5. The van der Waals surface area contributed by atoms with Gasteiger partial charge in [-0.2, -0.15) is 9.97 Å². The summed E-state index contributed by atoms with van der Waals surface area (Å²) in [5.74, 6) is 2.70. The van der Waals surface area contributed by atoms with Gasteiger partial charge in [0, 0.05) is 163 Å². The van der Waals surface area contributed by atoms with Crippen molar-refractivity contribution in [3.63, 3.8) is 0 Å². The monoisotopic (exact) mass is 1560 g/mol. The zero-order chi connectivity index (χ0) is 71.6. The quantitative estimate of drug-likeness (QED) is 0.0459. The summed E-state index contributed by atoms with van der Waals surface area (Å²) in [6, 6.07) is 19.9. The van der Waals surface area contributed by atoms with Crippen molar-refractivity contribution in [1.82, 2.24) is 59.5 Å². The minimum absolute atomic E-state index is 0.0595. The van der Waals surface area contributed by atoms with E-state index in [1.807, 2.05) is 0 Å². The number of anilines is 11. The highest BCUT2D eigenvalue weighted by molar-refractivity contribution is 9.11. The summed E-state index contributed by atoms with van der Waals surface area (Å²) < 4.78 is 64.4. The predicted octanol–water partition coefficient (Wildman–Crippen LogP) is 10.9. The molecule has 4 aromatic heterocycles. The van der Waals surface area contributed by atoms with Gasteiger partial charge in [0.05, 0.1) is 69.5 Å². The molecule has 5 N–H and O–H groups in total. The number of nitrogens with two attached hydrogens (primary N) is 1. The molecule has 0 spiro atoms. The Balaban J connectivity index is 0.000000159. The van der Waals surface area contributed by atoms with Gasteiger partial charge in [-0.25, -0.2) is 26.8 Å². The number of methoxy groups -OCH3 is 2. The lowest BCUT2D eigenvalue weighted by atomic mass is 9.88. The zero-order valence-corrected chi connectivity index (χ0v) is 64.5. The molecule has 0 radical (unpaired) electrons. The normalized spacial score (nSPS) is 20.1. The minimum atomic E-state index is -3.61. The van der Waals surface area contributed by atoms with Crippen LogP contribution >= 0.6 is 43.5 Å². The average Bonchev–Trinajstić information content (AvgIpc) is 0.782. The first-order chi connectivity index (χ1) is 48.4. The van der Waals surface area contributed by atoms with Crippen LogP contribution < -0.4 is 49.6 Å². The molecule has 540 valence electrons. The summed E-state index contributed by atoms with van der Waals surface area (Å²) in [5, 5.41) is 9.80. The second-order valence-electron chi connectivity index (χ2n) is 26.9. The molecule has 12 heterocycles. The molecule has 4 bridgehead atoms. The number of likely N-dealkylation sites (N-methyl/N-ethyl adjacent to an activating group) is 2. The predicted molar refractivity (Wildman–Crippen MR) is 412 cm³/mol. The molecular formula is C70H91Br2ClN20O6S2. The van der Waals surface area contributed by atoms with Crippen LogP contribution in [0.15, 0.2) is 94.7 Å². The summed E-state index contributed by atoms with van der Waals surface area (Å²) in [7, 11) is 3.78. The van der Waals surface area contributed by atoms with E-state index >= 15 is 0 Å².